The molecule has 1 saturated heterocycles. The Kier molecular flexibility index (Phi) is 1.94. The summed E-state index contributed by atoms with van der Waals surface area (Å²) in [5, 5.41) is 0. The first kappa shape index (κ1) is 8.48. The fraction of sp³-hybridized carbons (Fsp3) is 0.600. The number of hydrogen-bond donors (Lipinski definition) is 0. The molecule has 0 aliphatic carbocycles. The first-order valence-corrected chi connectivity index (χ1v) is 4.76. The SMILES string of the molecule is Cc1nccc(N2C(C)CC2C)n1. The van der Waals surface area contributed by atoms with E-state index in [1.54, 1.807) is 0 Å². The minimum Gasteiger partial charge on any atom is -0.351 e. The fourth-order valence-corrected chi connectivity index (χ4v) is 2.06. The Hall–Kier alpha value is -1.12. The van der Waals surface area contributed by atoms with Crippen LogP contribution in [0.25, 0.3) is 0 Å². The van der Waals surface area contributed by atoms with Crippen LogP contribution in [0.3, 0.4) is 0 Å². The zero-order chi connectivity index (χ0) is 9.42. The Balaban J connectivity index is 2.25. The third-order valence-corrected chi connectivity index (χ3v) is 2.66. The summed E-state index contributed by atoms with van der Waals surface area (Å²) in [5.74, 6) is 1.92. The quantitative estimate of drug-likeness (QED) is 0.654. The van der Waals surface area contributed by atoms with Crippen molar-refractivity contribution in [2.75, 3.05) is 4.90 Å². The van der Waals surface area contributed by atoms with Gasteiger partial charge in [-0.2, -0.15) is 0 Å². The Labute approximate surface area is 78.8 Å². The van der Waals surface area contributed by atoms with Gasteiger partial charge >= 0.3 is 0 Å². The summed E-state index contributed by atoms with van der Waals surface area (Å²) in [4.78, 5) is 10.8. The monoisotopic (exact) mass is 177 g/mol. The Bertz CT molecular complexity index is 303. The highest BCUT2D eigenvalue weighted by molar-refractivity contribution is 5.43. The van der Waals surface area contributed by atoms with Crippen LogP contribution in [0.4, 0.5) is 5.82 Å². The van der Waals surface area contributed by atoms with E-state index in [1.165, 1.54) is 6.42 Å². The molecule has 2 rings (SSSR count). The molecule has 0 amide bonds. The molecule has 70 valence electrons. The van der Waals surface area contributed by atoms with Crippen molar-refractivity contribution in [2.24, 2.45) is 0 Å². The highest BCUT2D eigenvalue weighted by Crippen LogP contribution is 2.29. The number of aromatic nitrogens is 2. The molecule has 3 nitrogen and oxygen atoms in total. The second-order valence-electron chi connectivity index (χ2n) is 3.80. The smallest absolute Gasteiger partial charge is 0.132 e. The van der Waals surface area contributed by atoms with E-state index in [-0.39, 0.29) is 0 Å². The third-order valence-electron chi connectivity index (χ3n) is 2.66. The van der Waals surface area contributed by atoms with Gasteiger partial charge in [0.25, 0.3) is 0 Å². The van der Waals surface area contributed by atoms with Crippen LogP contribution in [-0.4, -0.2) is 22.1 Å². The molecule has 0 aromatic carbocycles. The summed E-state index contributed by atoms with van der Waals surface area (Å²) in [7, 11) is 0. The highest BCUT2D eigenvalue weighted by atomic mass is 15.3. The van der Waals surface area contributed by atoms with Crippen LogP contribution >= 0.6 is 0 Å². The lowest BCUT2D eigenvalue weighted by molar-refractivity contribution is 0.376. The van der Waals surface area contributed by atoms with Crippen molar-refractivity contribution in [3.8, 4) is 0 Å². The molecule has 1 aliphatic rings. The molecule has 2 atom stereocenters. The molecule has 13 heavy (non-hydrogen) atoms. The summed E-state index contributed by atoms with van der Waals surface area (Å²) in [6, 6.07) is 3.24. The normalized spacial score (nSPS) is 27.2. The molecule has 1 fully saturated rings. The van der Waals surface area contributed by atoms with E-state index in [0.717, 1.165) is 11.6 Å². The molecule has 0 N–H and O–H groups in total. The second kappa shape index (κ2) is 2.98. The highest BCUT2D eigenvalue weighted by Gasteiger charge is 2.32. The summed E-state index contributed by atoms with van der Waals surface area (Å²) in [6.45, 7) is 6.40. The van der Waals surface area contributed by atoms with Crippen molar-refractivity contribution < 1.29 is 0 Å². The van der Waals surface area contributed by atoms with Gasteiger partial charge in [0.15, 0.2) is 0 Å². The van der Waals surface area contributed by atoms with Crippen LogP contribution in [0.1, 0.15) is 26.1 Å². The molecule has 3 heteroatoms. The van der Waals surface area contributed by atoms with Gasteiger partial charge in [-0.15, -0.1) is 0 Å². The Morgan fingerprint density at radius 3 is 2.62 bits per heavy atom. The molecule has 0 bridgehead atoms. The van der Waals surface area contributed by atoms with E-state index < -0.39 is 0 Å². The van der Waals surface area contributed by atoms with Crippen molar-refractivity contribution in [2.45, 2.75) is 39.3 Å². The van der Waals surface area contributed by atoms with Crippen LogP contribution in [-0.2, 0) is 0 Å². The summed E-state index contributed by atoms with van der Waals surface area (Å²) < 4.78 is 0. The first-order chi connectivity index (χ1) is 6.18. The lowest BCUT2D eigenvalue weighted by atomic mass is 9.96. The van der Waals surface area contributed by atoms with Gasteiger partial charge in [0.05, 0.1) is 0 Å². The van der Waals surface area contributed by atoms with E-state index in [4.69, 9.17) is 0 Å². The predicted octanol–water partition coefficient (Wildman–Crippen LogP) is 1.77. The largest absolute Gasteiger partial charge is 0.351 e. The molecule has 1 aromatic heterocycles. The maximum atomic E-state index is 4.41. The molecule has 2 unspecified atom stereocenters. The molecule has 2 heterocycles. The first-order valence-electron chi connectivity index (χ1n) is 4.76. The number of hydrogen-bond acceptors (Lipinski definition) is 3. The zero-order valence-electron chi connectivity index (χ0n) is 8.36. The average Bonchev–Trinajstić information content (AvgIpc) is 2.03. The van der Waals surface area contributed by atoms with Crippen LogP contribution in [0.15, 0.2) is 12.3 Å². The van der Waals surface area contributed by atoms with Gasteiger partial charge < -0.3 is 4.90 Å². The van der Waals surface area contributed by atoms with Crippen molar-refractivity contribution in [1.29, 1.82) is 0 Å². The minimum absolute atomic E-state index is 0.629. The zero-order valence-corrected chi connectivity index (χ0v) is 8.36. The fourth-order valence-electron chi connectivity index (χ4n) is 2.06. The molecular weight excluding hydrogens is 162 g/mol. The van der Waals surface area contributed by atoms with Gasteiger partial charge in [-0.3, -0.25) is 0 Å². The summed E-state index contributed by atoms with van der Waals surface area (Å²) >= 11 is 0. The number of anilines is 1. The van der Waals surface area contributed by atoms with Crippen molar-refractivity contribution in [3.05, 3.63) is 18.1 Å². The topological polar surface area (TPSA) is 29.0 Å². The van der Waals surface area contributed by atoms with E-state index in [1.807, 2.05) is 19.2 Å². The Morgan fingerprint density at radius 1 is 1.38 bits per heavy atom. The van der Waals surface area contributed by atoms with Crippen molar-refractivity contribution in [3.63, 3.8) is 0 Å². The average molecular weight is 177 g/mol. The minimum atomic E-state index is 0.629. The van der Waals surface area contributed by atoms with Crippen molar-refractivity contribution in [1.82, 2.24) is 9.97 Å². The number of nitrogens with zero attached hydrogens (tertiary/aromatic N) is 3. The molecule has 0 saturated carbocycles. The number of aryl methyl sites for hydroxylation is 1. The van der Waals surface area contributed by atoms with Gasteiger partial charge in [-0.1, -0.05) is 0 Å². The molecular formula is C10H15N3. The van der Waals surface area contributed by atoms with Gasteiger partial charge in [0.1, 0.15) is 11.6 Å². The van der Waals surface area contributed by atoms with E-state index in [2.05, 4.69) is 28.7 Å². The van der Waals surface area contributed by atoms with Crippen LogP contribution in [0, 0.1) is 6.92 Å². The van der Waals surface area contributed by atoms with E-state index >= 15 is 0 Å². The maximum Gasteiger partial charge on any atom is 0.132 e. The summed E-state index contributed by atoms with van der Waals surface area (Å²) in [5.41, 5.74) is 0. The van der Waals surface area contributed by atoms with Gasteiger partial charge in [0, 0.05) is 18.3 Å². The lowest BCUT2D eigenvalue weighted by Gasteiger charge is -2.46. The lowest BCUT2D eigenvalue weighted by Crippen LogP contribution is -2.53. The molecule has 1 aliphatic heterocycles. The molecule has 0 spiro atoms. The van der Waals surface area contributed by atoms with Crippen LogP contribution in [0.2, 0.25) is 0 Å². The van der Waals surface area contributed by atoms with Crippen LogP contribution < -0.4 is 4.90 Å². The Morgan fingerprint density at radius 2 is 2.08 bits per heavy atom. The van der Waals surface area contributed by atoms with E-state index in [0.29, 0.717) is 12.1 Å². The standard InChI is InChI=1S/C10H15N3/c1-7-6-8(2)13(7)10-4-5-11-9(3)12-10/h4-5,7-8H,6H2,1-3H3. The molecule has 0 radical (unpaired) electrons. The van der Waals surface area contributed by atoms with E-state index in [9.17, 15) is 0 Å². The number of rotatable bonds is 1. The second-order valence-corrected chi connectivity index (χ2v) is 3.80. The van der Waals surface area contributed by atoms with Gasteiger partial charge in [-0.05, 0) is 33.3 Å². The van der Waals surface area contributed by atoms with Crippen molar-refractivity contribution >= 4 is 5.82 Å². The van der Waals surface area contributed by atoms with Crippen LogP contribution in [0.5, 0.6) is 0 Å². The molecule has 1 aromatic rings. The van der Waals surface area contributed by atoms with Gasteiger partial charge in [0.2, 0.25) is 0 Å². The van der Waals surface area contributed by atoms with Gasteiger partial charge in [-0.25, -0.2) is 9.97 Å². The summed E-state index contributed by atoms with van der Waals surface area (Å²) in [6.07, 6.45) is 3.10. The maximum absolute atomic E-state index is 4.41. The predicted molar refractivity (Wildman–Crippen MR) is 52.8 cm³/mol. The third kappa shape index (κ3) is 1.39.